The Bertz CT molecular complexity index is 166. The SMILES string of the molecule is C=C(C)[C@H]1OCC[C@@H]1C(=O)O. The number of rotatable bonds is 2. The lowest BCUT2D eigenvalue weighted by Crippen LogP contribution is -2.24. The van der Waals surface area contributed by atoms with Gasteiger partial charge in [-0.05, 0) is 13.3 Å². The number of carbonyl (C=O) groups is 1. The highest BCUT2D eigenvalue weighted by atomic mass is 16.5. The zero-order valence-electron chi connectivity index (χ0n) is 6.54. The molecule has 1 aliphatic rings. The van der Waals surface area contributed by atoms with E-state index in [9.17, 15) is 4.79 Å². The maximum Gasteiger partial charge on any atom is 0.309 e. The van der Waals surface area contributed by atoms with E-state index < -0.39 is 5.97 Å². The number of carboxylic acids is 1. The number of ether oxygens (including phenoxy) is 1. The normalized spacial score (nSPS) is 30.3. The van der Waals surface area contributed by atoms with E-state index in [-0.39, 0.29) is 12.0 Å². The fraction of sp³-hybridized carbons (Fsp3) is 0.625. The fourth-order valence-electron chi connectivity index (χ4n) is 1.33. The van der Waals surface area contributed by atoms with Gasteiger partial charge in [-0.2, -0.15) is 0 Å². The van der Waals surface area contributed by atoms with E-state index in [2.05, 4.69) is 6.58 Å². The van der Waals surface area contributed by atoms with Gasteiger partial charge < -0.3 is 9.84 Å². The summed E-state index contributed by atoms with van der Waals surface area (Å²) in [5.41, 5.74) is 0.801. The molecule has 0 aliphatic carbocycles. The van der Waals surface area contributed by atoms with E-state index in [1.54, 1.807) is 6.92 Å². The van der Waals surface area contributed by atoms with E-state index in [0.29, 0.717) is 13.0 Å². The molecule has 0 radical (unpaired) electrons. The van der Waals surface area contributed by atoms with Gasteiger partial charge in [-0.1, -0.05) is 12.2 Å². The standard InChI is InChI=1S/C8H12O3/c1-5(2)7-6(8(9)10)3-4-11-7/h6-7H,1,3-4H2,2H3,(H,9,10)/t6-,7+/m0/s1. The Labute approximate surface area is 65.7 Å². The maximum absolute atomic E-state index is 10.6. The second-order valence-corrected chi connectivity index (χ2v) is 2.87. The van der Waals surface area contributed by atoms with Crippen molar-refractivity contribution in [2.75, 3.05) is 6.61 Å². The van der Waals surface area contributed by atoms with Gasteiger partial charge in [0.05, 0.1) is 12.0 Å². The molecule has 1 rings (SSSR count). The van der Waals surface area contributed by atoms with Crippen molar-refractivity contribution in [1.82, 2.24) is 0 Å². The molecule has 0 spiro atoms. The van der Waals surface area contributed by atoms with Crippen molar-refractivity contribution in [3.63, 3.8) is 0 Å². The molecule has 0 amide bonds. The van der Waals surface area contributed by atoms with Crippen LogP contribution in [0.15, 0.2) is 12.2 Å². The number of hydrogen-bond donors (Lipinski definition) is 1. The smallest absolute Gasteiger partial charge is 0.309 e. The summed E-state index contributed by atoms with van der Waals surface area (Å²) in [6, 6.07) is 0. The highest BCUT2D eigenvalue weighted by Crippen LogP contribution is 2.25. The van der Waals surface area contributed by atoms with Crippen molar-refractivity contribution < 1.29 is 14.6 Å². The van der Waals surface area contributed by atoms with E-state index in [4.69, 9.17) is 9.84 Å². The molecule has 1 fully saturated rings. The molecule has 0 unspecified atom stereocenters. The summed E-state index contributed by atoms with van der Waals surface area (Å²) < 4.78 is 5.21. The summed E-state index contributed by atoms with van der Waals surface area (Å²) >= 11 is 0. The Hall–Kier alpha value is -0.830. The van der Waals surface area contributed by atoms with Crippen LogP contribution in [-0.2, 0) is 9.53 Å². The van der Waals surface area contributed by atoms with Gasteiger partial charge in [0, 0.05) is 6.61 Å². The summed E-state index contributed by atoms with van der Waals surface area (Å²) in [6.45, 7) is 6.02. The second kappa shape index (κ2) is 3.05. The molecule has 1 aliphatic heterocycles. The predicted octanol–water partition coefficient (Wildman–Crippen LogP) is 1.05. The quantitative estimate of drug-likeness (QED) is 0.608. The summed E-state index contributed by atoms with van der Waals surface area (Å²) in [7, 11) is 0. The van der Waals surface area contributed by atoms with Crippen molar-refractivity contribution >= 4 is 5.97 Å². The van der Waals surface area contributed by atoms with Crippen LogP contribution < -0.4 is 0 Å². The minimum Gasteiger partial charge on any atom is -0.481 e. The van der Waals surface area contributed by atoms with Crippen molar-refractivity contribution in [2.45, 2.75) is 19.4 Å². The molecule has 3 nitrogen and oxygen atoms in total. The average molecular weight is 156 g/mol. The lowest BCUT2D eigenvalue weighted by molar-refractivity contribution is -0.142. The van der Waals surface area contributed by atoms with Crippen LogP contribution in [0.1, 0.15) is 13.3 Å². The number of aliphatic carboxylic acids is 1. The van der Waals surface area contributed by atoms with E-state index in [1.807, 2.05) is 0 Å². The van der Waals surface area contributed by atoms with E-state index >= 15 is 0 Å². The van der Waals surface area contributed by atoms with Crippen LogP contribution in [0.4, 0.5) is 0 Å². The van der Waals surface area contributed by atoms with Gasteiger partial charge in [0.1, 0.15) is 0 Å². The molecule has 0 saturated carbocycles. The Morgan fingerprint density at radius 1 is 1.73 bits per heavy atom. The van der Waals surface area contributed by atoms with E-state index in [0.717, 1.165) is 5.57 Å². The van der Waals surface area contributed by atoms with Crippen LogP contribution in [0.5, 0.6) is 0 Å². The molecule has 0 aromatic heterocycles. The first kappa shape index (κ1) is 8.27. The monoisotopic (exact) mass is 156 g/mol. The molecule has 11 heavy (non-hydrogen) atoms. The zero-order chi connectivity index (χ0) is 8.43. The number of carboxylic acid groups (broad SMARTS) is 1. The third kappa shape index (κ3) is 1.60. The van der Waals surface area contributed by atoms with Gasteiger partial charge >= 0.3 is 5.97 Å². The summed E-state index contributed by atoms with van der Waals surface area (Å²) in [4.78, 5) is 10.6. The Morgan fingerprint density at radius 2 is 2.36 bits per heavy atom. The molecule has 1 N–H and O–H groups in total. The van der Waals surface area contributed by atoms with E-state index in [1.165, 1.54) is 0 Å². The zero-order valence-corrected chi connectivity index (χ0v) is 6.54. The molecule has 1 heterocycles. The second-order valence-electron chi connectivity index (χ2n) is 2.87. The van der Waals surface area contributed by atoms with Crippen LogP contribution in [0.2, 0.25) is 0 Å². The Balaban J connectivity index is 2.65. The van der Waals surface area contributed by atoms with Crippen LogP contribution in [0.25, 0.3) is 0 Å². The minimum absolute atomic E-state index is 0.271. The Morgan fingerprint density at radius 3 is 2.73 bits per heavy atom. The molecular weight excluding hydrogens is 144 g/mol. The van der Waals surface area contributed by atoms with Gasteiger partial charge in [0.2, 0.25) is 0 Å². The first-order chi connectivity index (χ1) is 5.13. The van der Waals surface area contributed by atoms with Gasteiger partial charge in [-0.25, -0.2) is 0 Å². The topological polar surface area (TPSA) is 46.5 Å². The summed E-state index contributed by atoms with van der Waals surface area (Å²) in [5, 5.41) is 8.71. The lowest BCUT2D eigenvalue weighted by Gasteiger charge is -2.13. The fourth-order valence-corrected chi connectivity index (χ4v) is 1.33. The molecule has 0 aromatic rings. The van der Waals surface area contributed by atoms with Crippen LogP contribution in [0, 0.1) is 5.92 Å². The van der Waals surface area contributed by atoms with Crippen LogP contribution in [-0.4, -0.2) is 23.8 Å². The molecule has 0 aromatic carbocycles. The summed E-state index contributed by atoms with van der Waals surface area (Å²) in [5.74, 6) is -1.16. The number of hydrogen-bond acceptors (Lipinski definition) is 2. The largest absolute Gasteiger partial charge is 0.481 e. The molecule has 1 saturated heterocycles. The van der Waals surface area contributed by atoms with Gasteiger partial charge in [-0.3, -0.25) is 4.79 Å². The van der Waals surface area contributed by atoms with Crippen molar-refractivity contribution in [3.05, 3.63) is 12.2 Å². The third-order valence-corrected chi connectivity index (χ3v) is 1.89. The summed E-state index contributed by atoms with van der Waals surface area (Å²) in [6.07, 6.45) is 0.333. The molecular formula is C8H12O3. The molecule has 62 valence electrons. The highest BCUT2D eigenvalue weighted by molar-refractivity contribution is 5.71. The van der Waals surface area contributed by atoms with Gasteiger partial charge in [-0.15, -0.1) is 0 Å². The van der Waals surface area contributed by atoms with Crippen molar-refractivity contribution in [3.8, 4) is 0 Å². The van der Waals surface area contributed by atoms with Crippen molar-refractivity contribution in [1.29, 1.82) is 0 Å². The molecule has 0 bridgehead atoms. The van der Waals surface area contributed by atoms with Crippen LogP contribution in [0.3, 0.4) is 0 Å². The molecule has 3 heteroatoms. The lowest BCUT2D eigenvalue weighted by atomic mass is 9.97. The van der Waals surface area contributed by atoms with Crippen LogP contribution >= 0.6 is 0 Å². The first-order valence-corrected chi connectivity index (χ1v) is 3.62. The Kier molecular flexibility index (Phi) is 2.29. The first-order valence-electron chi connectivity index (χ1n) is 3.62. The average Bonchev–Trinajstić information content (AvgIpc) is 2.32. The highest BCUT2D eigenvalue weighted by Gasteiger charge is 2.34. The minimum atomic E-state index is -0.782. The van der Waals surface area contributed by atoms with Gasteiger partial charge in [0.15, 0.2) is 0 Å². The molecule has 2 atom stereocenters. The third-order valence-electron chi connectivity index (χ3n) is 1.89. The maximum atomic E-state index is 10.6. The van der Waals surface area contributed by atoms with Crippen molar-refractivity contribution in [2.24, 2.45) is 5.92 Å². The predicted molar refractivity (Wildman–Crippen MR) is 40.3 cm³/mol. The van der Waals surface area contributed by atoms with Gasteiger partial charge in [0.25, 0.3) is 0 Å².